The lowest BCUT2D eigenvalue weighted by Gasteiger charge is -2.41. The van der Waals surface area contributed by atoms with Gasteiger partial charge in [0.2, 0.25) is 17.7 Å². The number of rotatable bonds is 5. The van der Waals surface area contributed by atoms with E-state index in [1.165, 1.54) is 12.1 Å². The quantitative estimate of drug-likeness (QED) is 0.662. The number of hydrogen-bond acceptors (Lipinski definition) is 4. The summed E-state index contributed by atoms with van der Waals surface area (Å²) in [6, 6.07) is 7.70. The number of halogens is 3. The number of carbonyl (C=O) groups is 3. The molecule has 2 aliphatic rings. The molecule has 0 aromatic heterocycles. The third kappa shape index (κ3) is 4.60. The van der Waals surface area contributed by atoms with Crippen LogP contribution >= 0.6 is 11.6 Å². The zero-order valence-corrected chi connectivity index (χ0v) is 18.1. The number of carbonyl (C=O) groups excluding carboxylic acids is 3. The Morgan fingerprint density at radius 3 is 2.50 bits per heavy atom. The van der Waals surface area contributed by atoms with Crippen LogP contribution in [0.15, 0.2) is 30.3 Å². The normalized spacial score (nSPS) is 18.9. The lowest BCUT2D eigenvalue weighted by atomic mass is 9.89. The number of benzene rings is 2. The van der Waals surface area contributed by atoms with Crippen LogP contribution in [0.25, 0.3) is 0 Å². The number of hydrogen-bond donors (Lipinski definition) is 2. The molecule has 9 heteroatoms. The van der Waals surface area contributed by atoms with E-state index >= 15 is 0 Å². The van der Waals surface area contributed by atoms with Crippen LogP contribution in [0.4, 0.5) is 20.2 Å². The summed E-state index contributed by atoms with van der Waals surface area (Å²) < 4.78 is 29.4. The van der Waals surface area contributed by atoms with Crippen LogP contribution in [0, 0.1) is 24.5 Å². The van der Waals surface area contributed by atoms with Gasteiger partial charge in [-0.05, 0) is 43.2 Å². The maximum absolute atomic E-state index is 14.7. The fraction of sp³-hybridized carbons (Fsp3) is 0.348. The van der Waals surface area contributed by atoms with E-state index < -0.39 is 29.4 Å². The summed E-state index contributed by atoms with van der Waals surface area (Å²) in [7, 11) is 0. The molecule has 1 unspecified atom stereocenters. The number of piperidine rings is 1. The molecule has 0 bridgehead atoms. The first-order valence-electron chi connectivity index (χ1n) is 10.3. The van der Waals surface area contributed by atoms with Gasteiger partial charge in [-0.15, -0.1) is 0 Å². The summed E-state index contributed by atoms with van der Waals surface area (Å²) in [5, 5.41) is 5.50. The van der Waals surface area contributed by atoms with Gasteiger partial charge in [0, 0.05) is 53.8 Å². The maximum atomic E-state index is 14.7. The summed E-state index contributed by atoms with van der Waals surface area (Å²) in [6.45, 7) is 2.84. The Hall–Kier alpha value is -3.00. The molecule has 2 fully saturated rings. The van der Waals surface area contributed by atoms with Gasteiger partial charge in [-0.3, -0.25) is 19.7 Å². The van der Waals surface area contributed by atoms with Crippen molar-refractivity contribution in [1.82, 2.24) is 5.32 Å². The molecule has 2 aliphatic heterocycles. The fourth-order valence-electron chi connectivity index (χ4n) is 4.11. The van der Waals surface area contributed by atoms with Crippen molar-refractivity contribution in [2.45, 2.75) is 32.1 Å². The Morgan fingerprint density at radius 1 is 1.19 bits per heavy atom. The van der Waals surface area contributed by atoms with Gasteiger partial charge in [0.15, 0.2) is 0 Å². The average molecular weight is 462 g/mol. The second-order valence-electron chi connectivity index (χ2n) is 8.31. The van der Waals surface area contributed by atoms with Crippen molar-refractivity contribution in [3.63, 3.8) is 0 Å². The van der Waals surface area contributed by atoms with Gasteiger partial charge in [-0.2, -0.15) is 0 Å². The number of aryl methyl sites for hydroxylation is 1. The number of nitrogens with one attached hydrogen (secondary N) is 2. The molecule has 168 valence electrons. The van der Waals surface area contributed by atoms with Gasteiger partial charge in [-0.1, -0.05) is 17.7 Å². The minimum atomic E-state index is -1.02. The van der Waals surface area contributed by atoms with Crippen LogP contribution in [0.3, 0.4) is 0 Å². The molecule has 2 aromatic carbocycles. The molecule has 0 radical (unpaired) electrons. The predicted molar refractivity (Wildman–Crippen MR) is 117 cm³/mol. The van der Waals surface area contributed by atoms with Crippen molar-refractivity contribution in [3.05, 3.63) is 58.1 Å². The zero-order valence-electron chi connectivity index (χ0n) is 17.4. The van der Waals surface area contributed by atoms with Crippen LogP contribution in [-0.4, -0.2) is 30.8 Å². The minimum Gasteiger partial charge on any atom is -0.371 e. The highest BCUT2D eigenvalue weighted by Crippen LogP contribution is 2.34. The van der Waals surface area contributed by atoms with Crippen LogP contribution < -0.4 is 15.5 Å². The smallest absolute Gasteiger partial charge is 0.234 e. The topological polar surface area (TPSA) is 78.5 Å². The van der Waals surface area contributed by atoms with Crippen molar-refractivity contribution in [2.24, 2.45) is 5.92 Å². The van der Waals surface area contributed by atoms with Gasteiger partial charge in [0.25, 0.3) is 0 Å². The lowest BCUT2D eigenvalue weighted by Crippen LogP contribution is -2.48. The molecule has 2 aromatic rings. The van der Waals surface area contributed by atoms with E-state index in [0.717, 1.165) is 5.56 Å². The van der Waals surface area contributed by atoms with Crippen molar-refractivity contribution in [3.8, 4) is 0 Å². The Bertz CT molecular complexity index is 1080. The van der Waals surface area contributed by atoms with Crippen molar-refractivity contribution in [1.29, 1.82) is 0 Å². The monoisotopic (exact) mass is 461 g/mol. The van der Waals surface area contributed by atoms with E-state index in [9.17, 15) is 23.2 Å². The number of amides is 3. The van der Waals surface area contributed by atoms with E-state index in [2.05, 4.69) is 10.6 Å². The van der Waals surface area contributed by atoms with Gasteiger partial charge in [0.05, 0.1) is 5.92 Å². The molecule has 2 saturated heterocycles. The van der Waals surface area contributed by atoms with E-state index in [1.54, 1.807) is 17.0 Å². The first kappa shape index (κ1) is 22.2. The molecule has 2 heterocycles. The Morgan fingerprint density at radius 2 is 1.88 bits per heavy atom. The molecule has 0 aliphatic carbocycles. The van der Waals surface area contributed by atoms with Gasteiger partial charge in [0.1, 0.15) is 11.6 Å². The molecule has 0 saturated carbocycles. The van der Waals surface area contributed by atoms with Crippen molar-refractivity contribution in [2.75, 3.05) is 23.3 Å². The highest BCUT2D eigenvalue weighted by Gasteiger charge is 2.34. The Balaban J connectivity index is 1.35. The van der Waals surface area contributed by atoms with E-state index in [4.69, 9.17) is 11.6 Å². The highest BCUT2D eigenvalue weighted by molar-refractivity contribution is 6.31. The van der Waals surface area contributed by atoms with Crippen molar-refractivity contribution < 1.29 is 23.2 Å². The first-order chi connectivity index (χ1) is 15.2. The summed E-state index contributed by atoms with van der Waals surface area (Å²) in [4.78, 5) is 37.3. The maximum Gasteiger partial charge on any atom is 0.234 e. The standard InChI is InChI=1S/C23H22ClF2N3O3/c1-12-2-3-14(7-17(12)24)27-21(31)6-13-10-29(11-13)15-8-18(25)22(19(26)9-15)16-4-5-20(30)28-23(16)32/h2-3,7-9,13,16H,4-6,10-11H2,1H3,(H,27,31)(H,28,30,32). The largest absolute Gasteiger partial charge is 0.371 e. The van der Waals surface area contributed by atoms with Crippen LogP contribution in [-0.2, 0) is 14.4 Å². The van der Waals surface area contributed by atoms with Gasteiger partial charge < -0.3 is 10.2 Å². The third-order valence-electron chi connectivity index (χ3n) is 5.90. The number of imide groups is 1. The number of nitrogens with zero attached hydrogens (tertiary/aromatic N) is 1. The van der Waals surface area contributed by atoms with E-state index in [-0.39, 0.29) is 36.7 Å². The molecule has 0 spiro atoms. The van der Waals surface area contributed by atoms with Crippen LogP contribution in [0.1, 0.15) is 36.3 Å². The van der Waals surface area contributed by atoms with Crippen LogP contribution in [0.5, 0.6) is 0 Å². The fourth-order valence-corrected chi connectivity index (χ4v) is 4.29. The van der Waals surface area contributed by atoms with E-state index in [1.807, 2.05) is 13.0 Å². The lowest BCUT2D eigenvalue weighted by molar-refractivity contribution is -0.134. The second kappa shape index (κ2) is 8.86. The predicted octanol–water partition coefficient (Wildman–Crippen LogP) is 3.91. The molecule has 2 N–H and O–H groups in total. The first-order valence-corrected chi connectivity index (χ1v) is 10.7. The molecular weight excluding hydrogens is 440 g/mol. The summed E-state index contributed by atoms with van der Waals surface area (Å²) in [6.07, 6.45) is 0.397. The highest BCUT2D eigenvalue weighted by atomic mass is 35.5. The average Bonchev–Trinajstić information content (AvgIpc) is 2.68. The molecule has 32 heavy (non-hydrogen) atoms. The molecule has 3 amide bonds. The summed E-state index contributed by atoms with van der Waals surface area (Å²) >= 11 is 6.07. The second-order valence-corrected chi connectivity index (χ2v) is 8.72. The zero-order chi connectivity index (χ0) is 23.0. The Labute approximate surface area is 188 Å². The van der Waals surface area contributed by atoms with Gasteiger partial charge >= 0.3 is 0 Å². The molecule has 4 rings (SSSR count). The molecule has 1 atom stereocenters. The molecule has 6 nitrogen and oxygen atoms in total. The van der Waals surface area contributed by atoms with Crippen molar-refractivity contribution >= 4 is 40.7 Å². The SMILES string of the molecule is Cc1ccc(NC(=O)CC2CN(c3cc(F)c(C4CCC(=O)NC4=O)c(F)c3)C2)cc1Cl. The minimum absolute atomic E-state index is 0.0434. The summed E-state index contributed by atoms with van der Waals surface area (Å²) in [5.74, 6) is -3.87. The number of anilines is 2. The van der Waals surface area contributed by atoms with Gasteiger partial charge in [-0.25, -0.2) is 8.78 Å². The summed E-state index contributed by atoms with van der Waals surface area (Å²) in [5.41, 5.74) is 1.59. The molecular formula is C23H22ClF2N3O3. The Kier molecular flexibility index (Phi) is 6.15. The third-order valence-corrected chi connectivity index (χ3v) is 6.31. The van der Waals surface area contributed by atoms with Crippen LogP contribution in [0.2, 0.25) is 5.02 Å². The van der Waals surface area contributed by atoms with E-state index in [0.29, 0.717) is 29.5 Å².